The summed E-state index contributed by atoms with van der Waals surface area (Å²) in [6.07, 6.45) is 3.19. The summed E-state index contributed by atoms with van der Waals surface area (Å²) in [6.45, 7) is 0.132. The summed E-state index contributed by atoms with van der Waals surface area (Å²) in [6, 6.07) is 1.43. The molecule has 0 aromatic carbocycles. The van der Waals surface area contributed by atoms with Crippen molar-refractivity contribution in [2.24, 2.45) is 0 Å². The lowest BCUT2D eigenvalue weighted by Crippen LogP contribution is -2.22. The molecule has 0 spiro atoms. The minimum absolute atomic E-state index is 0.132. The van der Waals surface area contributed by atoms with E-state index in [1.165, 1.54) is 6.07 Å². The number of nitrogens with zero attached hydrogens (tertiary/aromatic N) is 1. The van der Waals surface area contributed by atoms with Gasteiger partial charge in [0.1, 0.15) is 10.0 Å². The molecule has 0 bridgehead atoms. The molecule has 6 nitrogen and oxygen atoms in total. The second-order valence-corrected chi connectivity index (χ2v) is 5.96. The van der Waals surface area contributed by atoms with E-state index in [1.807, 2.05) is 0 Å². The van der Waals surface area contributed by atoms with Crippen molar-refractivity contribution >= 4 is 27.0 Å². The molecule has 0 aliphatic heterocycles. The number of H-pyrrole nitrogens is 1. The van der Waals surface area contributed by atoms with Crippen molar-refractivity contribution in [2.75, 3.05) is 5.73 Å². The van der Waals surface area contributed by atoms with Gasteiger partial charge in [-0.15, -0.1) is 11.3 Å². The molecule has 0 atom stereocenters. The van der Waals surface area contributed by atoms with Crippen LogP contribution in [0.5, 0.6) is 0 Å². The first kappa shape index (κ1) is 11.1. The van der Waals surface area contributed by atoms with Crippen molar-refractivity contribution in [3.63, 3.8) is 0 Å². The molecule has 0 unspecified atom stereocenters. The lowest BCUT2D eigenvalue weighted by molar-refractivity contribution is 0.582. The predicted octanol–water partition coefficient (Wildman–Crippen LogP) is 0.532. The Labute approximate surface area is 96.6 Å². The maximum absolute atomic E-state index is 11.7. The number of aromatic amines is 1. The van der Waals surface area contributed by atoms with Gasteiger partial charge < -0.3 is 10.7 Å². The molecule has 0 aliphatic carbocycles. The van der Waals surface area contributed by atoms with Gasteiger partial charge in [-0.1, -0.05) is 0 Å². The van der Waals surface area contributed by atoms with Crippen LogP contribution in [0, 0.1) is 0 Å². The predicted molar refractivity (Wildman–Crippen MR) is 61.3 cm³/mol. The molecule has 2 heterocycles. The summed E-state index contributed by atoms with van der Waals surface area (Å²) >= 11 is 1.09. The van der Waals surface area contributed by atoms with Crippen molar-refractivity contribution in [1.29, 1.82) is 0 Å². The van der Waals surface area contributed by atoms with E-state index >= 15 is 0 Å². The molecule has 86 valence electrons. The highest BCUT2D eigenvalue weighted by atomic mass is 32.2. The Morgan fingerprint density at radius 3 is 2.94 bits per heavy atom. The van der Waals surface area contributed by atoms with E-state index in [0.29, 0.717) is 11.5 Å². The monoisotopic (exact) mass is 258 g/mol. The number of sulfonamides is 1. The zero-order valence-corrected chi connectivity index (χ0v) is 9.81. The normalized spacial score (nSPS) is 11.8. The van der Waals surface area contributed by atoms with E-state index in [1.54, 1.807) is 17.8 Å². The van der Waals surface area contributed by atoms with Crippen LogP contribution in [0.1, 0.15) is 5.82 Å². The first-order valence-corrected chi connectivity index (χ1v) is 6.76. The molecule has 4 N–H and O–H groups in total. The lowest BCUT2D eigenvalue weighted by Gasteiger charge is -2.01. The third-order valence-corrected chi connectivity index (χ3v) is 4.70. The SMILES string of the molecule is Nc1csc(S(=O)(=O)NCc2ncc[nH]2)c1. The number of hydrogen-bond donors (Lipinski definition) is 3. The molecule has 16 heavy (non-hydrogen) atoms. The fraction of sp³-hybridized carbons (Fsp3) is 0.125. The van der Waals surface area contributed by atoms with Gasteiger partial charge in [-0.2, -0.15) is 0 Å². The van der Waals surface area contributed by atoms with Crippen molar-refractivity contribution in [2.45, 2.75) is 10.8 Å². The van der Waals surface area contributed by atoms with Gasteiger partial charge in [0.05, 0.1) is 6.54 Å². The number of nitrogen functional groups attached to an aromatic ring is 1. The number of thiophene rings is 1. The van der Waals surface area contributed by atoms with Crippen LogP contribution >= 0.6 is 11.3 Å². The molecule has 2 aromatic rings. The van der Waals surface area contributed by atoms with Crippen LogP contribution in [0.2, 0.25) is 0 Å². The highest BCUT2D eigenvalue weighted by Crippen LogP contribution is 2.21. The number of rotatable bonds is 4. The number of imidazole rings is 1. The Morgan fingerprint density at radius 1 is 1.56 bits per heavy atom. The third-order valence-electron chi connectivity index (χ3n) is 1.85. The molecule has 2 aromatic heterocycles. The number of hydrogen-bond acceptors (Lipinski definition) is 5. The van der Waals surface area contributed by atoms with Crippen LogP contribution in [-0.2, 0) is 16.6 Å². The zero-order chi connectivity index (χ0) is 11.6. The van der Waals surface area contributed by atoms with Crippen molar-refractivity contribution in [1.82, 2.24) is 14.7 Å². The minimum atomic E-state index is -3.49. The average Bonchev–Trinajstić information content (AvgIpc) is 2.85. The Bertz CT molecular complexity index is 559. The number of anilines is 1. The smallest absolute Gasteiger partial charge is 0.250 e. The Balaban J connectivity index is 2.09. The van der Waals surface area contributed by atoms with Gasteiger partial charge in [0.15, 0.2) is 0 Å². The number of aromatic nitrogens is 2. The van der Waals surface area contributed by atoms with Crippen LogP contribution in [0.4, 0.5) is 5.69 Å². The number of nitrogens with one attached hydrogen (secondary N) is 2. The first-order chi connectivity index (χ1) is 7.58. The van der Waals surface area contributed by atoms with Gasteiger partial charge in [-0.05, 0) is 6.07 Å². The van der Waals surface area contributed by atoms with E-state index in [-0.39, 0.29) is 10.8 Å². The fourth-order valence-corrected chi connectivity index (χ4v) is 3.21. The second kappa shape index (κ2) is 4.24. The maximum atomic E-state index is 11.7. The van der Waals surface area contributed by atoms with Gasteiger partial charge in [0, 0.05) is 23.5 Å². The summed E-state index contributed by atoms with van der Waals surface area (Å²) in [7, 11) is -3.49. The van der Waals surface area contributed by atoms with E-state index in [4.69, 9.17) is 5.73 Å². The molecule has 0 aliphatic rings. The largest absolute Gasteiger partial charge is 0.398 e. The van der Waals surface area contributed by atoms with Gasteiger partial charge in [0.2, 0.25) is 0 Å². The van der Waals surface area contributed by atoms with E-state index in [2.05, 4.69) is 14.7 Å². The van der Waals surface area contributed by atoms with Crippen molar-refractivity contribution in [3.05, 3.63) is 29.7 Å². The van der Waals surface area contributed by atoms with Gasteiger partial charge in [0.25, 0.3) is 10.0 Å². The molecular weight excluding hydrogens is 248 g/mol. The molecule has 0 saturated carbocycles. The summed E-state index contributed by atoms with van der Waals surface area (Å²) in [5.74, 6) is 0.563. The van der Waals surface area contributed by atoms with Crippen LogP contribution in [0.25, 0.3) is 0 Å². The molecule has 2 rings (SSSR count). The number of nitrogens with two attached hydrogens (primary N) is 1. The third kappa shape index (κ3) is 2.40. The first-order valence-electron chi connectivity index (χ1n) is 4.40. The molecule has 0 amide bonds. The standard InChI is InChI=1S/C8H10N4O2S2/c9-6-3-8(15-5-6)16(13,14)12-4-7-10-1-2-11-7/h1-3,5,12H,4,9H2,(H,10,11). The second-order valence-electron chi connectivity index (χ2n) is 3.06. The van der Waals surface area contributed by atoms with E-state index in [9.17, 15) is 8.42 Å². The highest BCUT2D eigenvalue weighted by Gasteiger charge is 2.16. The lowest BCUT2D eigenvalue weighted by atomic mass is 10.6. The molecular formula is C8H10N4O2S2. The van der Waals surface area contributed by atoms with Gasteiger partial charge in [-0.3, -0.25) is 0 Å². The van der Waals surface area contributed by atoms with Crippen LogP contribution in [0.15, 0.2) is 28.0 Å². The van der Waals surface area contributed by atoms with Crippen LogP contribution in [0.3, 0.4) is 0 Å². The average molecular weight is 258 g/mol. The maximum Gasteiger partial charge on any atom is 0.250 e. The van der Waals surface area contributed by atoms with Crippen LogP contribution < -0.4 is 10.5 Å². The van der Waals surface area contributed by atoms with Gasteiger partial charge in [-0.25, -0.2) is 18.1 Å². The quantitative estimate of drug-likeness (QED) is 0.744. The van der Waals surface area contributed by atoms with Gasteiger partial charge >= 0.3 is 0 Å². The molecule has 0 radical (unpaired) electrons. The van der Waals surface area contributed by atoms with E-state index in [0.717, 1.165) is 11.3 Å². The van der Waals surface area contributed by atoms with Crippen LogP contribution in [-0.4, -0.2) is 18.4 Å². The topological polar surface area (TPSA) is 101 Å². The Hall–Kier alpha value is -1.38. The molecule has 0 saturated heterocycles. The summed E-state index contributed by atoms with van der Waals surface area (Å²) in [4.78, 5) is 6.72. The minimum Gasteiger partial charge on any atom is -0.398 e. The molecule has 8 heteroatoms. The Morgan fingerprint density at radius 2 is 2.38 bits per heavy atom. The fourth-order valence-electron chi connectivity index (χ4n) is 1.10. The van der Waals surface area contributed by atoms with E-state index < -0.39 is 10.0 Å². The highest BCUT2D eigenvalue weighted by molar-refractivity contribution is 7.91. The summed E-state index contributed by atoms with van der Waals surface area (Å²) in [5.41, 5.74) is 5.91. The molecule has 0 fully saturated rings. The van der Waals surface area contributed by atoms with Crippen molar-refractivity contribution in [3.8, 4) is 0 Å². The summed E-state index contributed by atoms with van der Waals surface area (Å²) in [5, 5.41) is 1.58. The Kier molecular flexibility index (Phi) is 2.95. The van der Waals surface area contributed by atoms with Crippen molar-refractivity contribution < 1.29 is 8.42 Å². The summed E-state index contributed by atoms with van der Waals surface area (Å²) < 4.78 is 26.1. The zero-order valence-electron chi connectivity index (χ0n) is 8.17.